The molecule has 1 heterocycles. The van der Waals surface area contributed by atoms with Gasteiger partial charge in [0, 0.05) is 26.2 Å². The second-order valence-electron chi connectivity index (χ2n) is 7.66. The highest BCUT2D eigenvalue weighted by Crippen LogP contribution is 2.20. The number of anilines is 1. The van der Waals surface area contributed by atoms with Crippen molar-refractivity contribution < 1.29 is 9.59 Å². The van der Waals surface area contributed by atoms with Gasteiger partial charge in [-0.05, 0) is 31.5 Å². The first-order chi connectivity index (χ1) is 14.4. The van der Waals surface area contributed by atoms with Crippen LogP contribution < -0.4 is 10.6 Å². The summed E-state index contributed by atoms with van der Waals surface area (Å²) in [6.07, 6.45) is 0. The van der Waals surface area contributed by atoms with Gasteiger partial charge in [0.1, 0.15) is 0 Å². The van der Waals surface area contributed by atoms with E-state index in [4.69, 9.17) is 11.6 Å². The number of benzene rings is 2. The Morgan fingerprint density at radius 2 is 1.60 bits per heavy atom. The largest absolute Gasteiger partial charge is 0.348 e. The Morgan fingerprint density at radius 3 is 2.27 bits per heavy atom. The Hall–Kier alpha value is -2.41. The molecule has 1 fully saturated rings. The van der Waals surface area contributed by atoms with Crippen LogP contribution in [0.3, 0.4) is 0 Å². The second kappa shape index (κ2) is 10.6. The zero-order valence-electron chi connectivity index (χ0n) is 17.5. The van der Waals surface area contributed by atoms with Crippen LogP contribution in [0.4, 0.5) is 5.69 Å². The van der Waals surface area contributed by atoms with E-state index in [2.05, 4.69) is 20.4 Å². The Bertz CT molecular complexity index is 853. The Balaban J connectivity index is 1.43. The standard InChI is InChI=1S/C23H29ClN4O2/c1-17(19-8-4-3-5-9-19)25-23(30)18(2)28-14-12-27(13-15-28)16-22(29)26-21-11-7-6-10-20(21)24/h3-11,17-18H,12-16H2,1-2H3,(H,25,30)(H,26,29)/t17-,18-/m0/s1. The van der Waals surface area contributed by atoms with E-state index in [9.17, 15) is 9.59 Å². The van der Waals surface area contributed by atoms with Gasteiger partial charge in [-0.25, -0.2) is 0 Å². The number of carbonyl (C=O) groups excluding carboxylic acids is 2. The fourth-order valence-corrected chi connectivity index (χ4v) is 3.77. The molecule has 2 atom stereocenters. The first-order valence-electron chi connectivity index (χ1n) is 10.3. The highest BCUT2D eigenvalue weighted by molar-refractivity contribution is 6.33. The molecule has 0 saturated carbocycles. The van der Waals surface area contributed by atoms with Crippen molar-refractivity contribution in [3.63, 3.8) is 0 Å². The number of nitrogens with one attached hydrogen (secondary N) is 2. The fourth-order valence-electron chi connectivity index (χ4n) is 3.59. The molecule has 0 aliphatic carbocycles. The van der Waals surface area contributed by atoms with Gasteiger partial charge in [0.15, 0.2) is 0 Å². The van der Waals surface area contributed by atoms with Gasteiger partial charge < -0.3 is 10.6 Å². The molecule has 2 amide bonds. The molecule has 0 spiro atoms. The van der Waals surface area contributed by atoms with E-state index >= 15 is 0 Å². The second-order valence-corrected chi connectivity index (χ2v) is 8.06. The number of hydrogen-bond donors (Lipinski definition) is 2. The number of para-hydroxylation sites is 1. The van der Waals surface area contributed by atoms with Crippen LogP contribution in [0.1, 0.15) is 25.5 Å². The Kier molecular flexibility index (Phi) is 7.85. The minimum atomic E-state index is -0.213. The van der Waals surface area contributed by atoms with Gasteiger partial charge in [0.05, 0.1) is 29.3 Å². The molecule has 160 valence electrons. The molecule has 2 N–H and O–H groups in total. The lowest BCUT2D eigenvalue weighted by molar-refractivity contribution is -0.127. The zero-order chi connectivity index (χ0) is 21.5. The lowest BCUT2D eigenvalue weighted by Gasteiger charge is -2.37. The summed E-state index contributed by atoms with van der Waals surface area (Å²) >= 11 is 6.10. The molecule has 1 aliphatic rings. The highest BCUT2D eigenvalue weighted by atomic mass is 35.5. The van der Waals surface area contributed by atoms with Crippen molar-refractivity contribution in [3.8, 4) is 0 Å². The van der Waals surface area contributed by atoms with E-state index in [1.807, 2.05) is 56.3 Å². The number of carbonyl (C=O) groups is 2. The SMILES string of the molecule is C[C@H](NC(=O)[C@H](C)N1CCN(CC(=O)Nc2ccccc2Cl)CC1)c1ccccc1. The summed E-state index contributed by atoms with van der Waals surface area (Å²) in [5.41, 5.74) is 1.72. The van der Waals surface area contributed by atoms with Crippen LogP contribution in [0.2, 0.25) is 5.02 Å². The van der Waals surface area contributed by atoms with Crippen LogP contribution in [0.25, 0.3) is 0 Å². The topological polar surface area (TPSA) is 64.7 Å². The van der Waals surface area contributed by atoms with Crippen molar-refractivity contribution in [1.82, 2.24) is 15.1 Å². The normalized spacial score (nSPS) is 17.2. The molecular formula is C23H29ClN4O2. The summed E-state index contributed by atoms with van der Waals surface area (Å²) in [7, 11) is 0. The van der Waals surface area contributed by atoms with Crippen molar-refractivity contribution in [2.24, 2.45) is 0 Å². The average molecular weight is 429 g/mol. The molecule has 2 aromatic rings. The summed E-state index contributed by atoms with van der Waals surface area (Å²) in [6.45, 7) is 7.21. The van der Waals surface area contributed by atoms with E-state index in [1.165, 1.54) is 0 Å². The molecule has 1 saturated heterocycles. The highest BCUT2D eigenvalue weighted by Gasteiger charge is 2.27. The quantitative estimate of drug-likeness (QED) is 0.711. The first-order valence-corrected chi connectivity index (χ1v) is 10.7. The van der Waals surface area contributed by atoms with Crippen molar-refractivity contribution in [1.29, 1.82) is 0 Å². The predicted molar refractivity (Wildman–Crippen MR) is 121 cm³/mol. The van der Waals surface area contributed by atoms with Crippen LogP contribution in [0, 0.1) is 0 Å². The van der Waals surface area contributed by atoms with E-state index in [1.54, 1.807) is 12.1 Å². The first kappa shape index (κ1) is 22.3. The summed E-state index contributed by atoms with van der Waals surface area (Å²) in [5.74, 6) is -0.0599. The van der Waals surface area contributed by atoms with Gasteiger partial charge in [-0.2, -0.15) is 0 Å². The van der Waals surface area contributed by atoms with Gasteiger partial charge in [-0.15, -0.1) is 0 Å². The van der Waals surface area contributed by atoms with Gasteiger partial charge in [0.2, 0.25) is 11.8 Å². The van der Waals surface area contributed by atoms with Crippen molar-refractivity contribution in [2.45, 2.75) is 25.9 Å². The summed E-state index contributed by atoms with van der Waals surface area (Å²) in [5, 5.41) is 6.48. The van der Waals surface area contributed by atoms with E-state index < -0.39 is 0 Å². The maximum atomic E-state index is 12.7. The number of amides is 2. The van der Waals surface area contributed by atoms with Crippen LogP contribution in [-0.4, -0.2) is 60.4 Å². The molecule has 1 aliphatic heterocycles. The Labute approximate surface area is 183 Å². The third kappa shape index (κ3) is 6.05. The molecule has 0 bridgehead atoms. The molecule has 30 heavy (non-hydrogen) atoms. The number of hydrogen-bond acceptors (Lipinski definition) is 4. The van der Waals surface area contributed by atoms with Crippen molar-refractivity contribution in [2.75, 3.05) is 38.0 Å². The maximum absolute atomic E-state index is 12.7. The number of halogens is 1. The van der Waals surface area contributed by atoms with Gasteiger partial charge >= 0.3 is 0 Å². The van der Waals surface area contributed by atoms with E-state index in [0.717, 1.165) is 31.7 Å². The van der Waals surface area contributed by atoms with Gasteiger partial charge in [0.25, 0.3) is 0 Å². The summed E-state index contributed by atoms with van der Waals surface area (Å²) in [6, 6.07) is 16.9. The zero-order valence-corrected chi connectivity index (χ0v) is 18.2. The average Bonchev–Trinajstić information content (AvgIpc) is 2.76. The lowest BCUT2D eigenvalue weighted by atomic mass is 10.1. The maximum Gasteiger partial charge on any atom is 0.238 e. The minimum absolute atomic E-state index is 0.0243. The lowest BCUT2D eigenvalue weighted by Crippen LogP contribution is -2.55. The van der Waals surface area contributed by atoms with Crippen LogP contribution in [-0.2, 0) is 9.59 Å². The molecule has 6 nitrogen and oxygen atoms in total. The molecule has 2 aromatic carbocycles. The molecule has 3 rings (SSSR count). The third-order valence-corrected chi connectivity index (χ3v) is 5.84. The summed E-state index contributed by atoms with van der Waals surface area (Å²) in [4.78, 5) is 29.3. The monoisotopic (exact) mass is 428 g/mol. The fraction of sp³-hybridized carbons (Fsp3) is 0.391. The van der Waals surface area contributed by atoms with Crippen molar-refractivity contribution >= 4 is 29.1 Å². The van der Waals surface area contributed by atoms with Crippen LogP contribution in [0.15, 0.2) is 54.6 Å². The molecular weight excluding hydrogens is 400 g/mol. The summed E-state index contributed by atoms with van der Waals surface area (Å²) < 4.78 is 0. The number of rotatable bonds is 7. The van der Waals surface area contributed by atoms with Crippen LogP contribution >= 0.6 is 11.6 Å². The molecule has 0 radical (unpaired) electrons. The number of piperazine rings is 1. The molecule has 0 aromatic heterocycles. The third-order valence-electron chi connectivity index (χ3n) is 5.51. The minimum Gasteiger partial charge on any atom is -0.348 e. The smallest absolute Gasteiger partial charge is 0.238 e. The molecule has 0 unspecified atom stereocenters. The predicted octanol–water partition coefficient (Wildman–Crippen LogP) is 3.16. The van der Waals surface area contributed by atoms with Crippen LogP contribution in [0.5, 0.6) is 0 Å². The Morgan fingerprint density at radius 1 is 0.967 bits per heavy atom. The van der Waals surface area contributed by atoms with Gasteiger partial charge in [-0.1, -0.05) is 54.1 Å². The van der Waals surface area contributed by atoms with E-state index in [-0.39, 0.29) is 23.9 Å². The number of nitrogens with zero attached hydrogens (tertiary/aromatic N) is 2. The van der Waals surface area contributed by atoms with Crippen molar-refractivity contribution in [3.05, 3.63) is 65.2 Å². The van der Waals surface area contributed by atoms with E-state index in [0.29, 0.717) is 17.3 Å². The van der Waals surface area contributed by atoms with Gasteiger partial charge in [-0.3, -0.25) is 19.4 Å². The molecule has 7 heteroatoms.